The largest absolute Gasteiger partial charge is 0.507 e. The number of hydrogen-bond donors (Lipinski definition) is 11. The van der Waals surface area contributed by atoms with Crippen LogP contribution in [0.15, 0.2) is 39.5 Å². The fourth-order valence-electron chi connectivity index (χ4n) is 6.30. The summed E-state index contributed by atoms with van der Waals surface area (Å²) in [5.74, 6) is -2.37. The molecule has 0 saturated carbocycles. The van der Waals surface area contributed by atoms with E-state index in [0.717, 1.165) is 12.1 Å². The lowest BCUT2D eigenvalue weighted by atomic mass is 9.98. The van der Waals surface area contributed by atoms with Crippen LogP contribution in [0, 0.1) is 0 Å². The van der Waals surface area contributed by atoms with Gasteiger partial charge in [-0.2, -0.15) is 0 Å². The Labute approximate surface area is 305 Å². The summed E-state index contributed by atoms with van der Waals surface area (Å²) in [5, 5.41) is 114. The van der Waals surface area contributed by atoms with Crippen LogP contribution in [0.1, 0.15) is 13.8 Å². The topological polar surface area (TPSA) is 317 Å². The lowest BCUT2D eigenvalue weighted by Crippen LogP contribution is -2.61. The highest BCUT2D eigenvalue weighted by molar-refractivity contribution is 5.88. The lowest BCUT2D eigenvalue weighted by Gasteiger charge is -2.42. The summed E-state index contributed by atoms with van der Waals surface area (Å²) in [5.41, 5.74) is -1.32. The first-order chi connectivity index (χ1) is 25.5. The molecular weight excluding hydrogens is 728 g/mol. The van der Waals surface area contributed by atoms with Gasteiger partial charge in [-0.05, 0) is 32.0 Å². The number of aromatic hydroxyl groups is 2. The van der Waals surface area contributed by atoms with E-state index in [2.05, 4.69) is 0 Å². The van der Waals surface area contributed by atoms with Gasteiger partial charge in [-0.3, -0.25) is 4.79 Å². The number of rotatable bonds is 9. The smallest absolute Gasteiger partial charge is 0.239 e. The van der Waals surface area contributed by atoms with Gasteiger partial charge >= 0.3 is 0 Å². The molecule has 3 aliphatic heterocycles. The summed E-state index contributed by atoms with van der Waals surface area (Å²) < 4.78 is 44.8. The molecule has 3 aromatic rings. The number of ether oxygens (including phenoxy) is 7. The van der Waals surface area contributed by atoms with Gasteiger partial charge < -0.3 is 93.7 Å². The molecule has 0 spiro atoms. The minimum absolute atomic E-state index is 0.0468. The second-order valence-electron chi connectivity index (χ2n) is 13.2. The maximum Gasteiger partial charge on any atom is 0.239 e. The Bertz CT molecular complexity index is 1850. The maximum atomic E-state index is 14.2. The average molecular weight is 771 g/mol. The Hall–Kier alpha value is -3.87. The maximum absolute atomic E-state index is 14.2. The van der Waals surface area contributed by atoms with Crippen LogP contribution in [0.5, 0.6) is 28.7 Å². The molecule has 0 amide bonds. The molecule has 6 rings (SSSR count). The number of benzene rings is 2. The van der Waals surface area contributed by atoms with Crippen LogP contribution in [0.25, 0.3) is 22.3 Å². The average Bonchev–Trinajstić information content (AvgIpc) is 3.14. The van der Waals surface area contributed by atoms with Gasteiger partial charge in [0.1, 0.15) is 83.5 Å². The Morgan fingerprint density at radius 1 is 0.648 bits per heavy atom. The summed E-state index contributed by atoms with van der Waals surface area (Å²) in [6, 6.07) is 5.91. The Morgan fingerprint density at radius 2 is 1.22 bits per heavy atom. The number of phenols is 2. The summed E-state index contributed by atoms with van der Waals surface area (Å²) in [6.07, 6.45) is -23.7. The Balaban J connectivity index is 1.35. The minimum atomic E-state index is -2.01. The van der Waals surface area contributed by atoms with Crippen molar-refractivity contribution in [2.75, 3.05) is 13.7 Å². The first-order valence-corrected chi connectivity index (χ1v) is 16.8. The number of aliphatic hydroxyl groups is 9. The van der Waals surface area contributed by atoms with Crippen molar-refractivity contribution in [2.45, 2.75) is 106 Å². The van der Waals surface area contributed by atoms with E-state index in [9.17, 15) is 61.0 Å². The molecule has 3 fully saturated rings. The van der Waals surface area contributed by atoms with Crippen LogP contribution in [0.3, 0.4) is 0 Å². The second-order valence-corrected chi connectivity index (χ2v) is 13.2. The van der Waals surface area contributed by atoms with Crippen molar-refractivity contribution in [3.63, 3.8) is 0 Å². The molecule has 1 aromatic heterocycles. The molecule has 0 bridgehead atoms. The van der Waals surface area contributed by atoms with E-state index in [1.54, 1.807) is 0 Å². The monoisotopic (exact) mass is 770 g/mol. The van der Waals surface area contributed by atoms with Crippen molar-refractivity contribution in [2.24, 2.45) is 0 Å². The first kappa shape index (κ1) is 39.8. The zero-order valence-electron chi connectivity index (χ0n) is 28.8. The summed E-state index contributed by atoms with van der Waals surface area (Å²) in [7, 11) is 1.26. The Kier molecular flexibility index (Phi) is 11.6. The van der Waals surface area contributed by atoms with Crippen molar-refractivity contribution < 1.29 is 93.7 Å². The third kappa shape index (κ3) is 7.41. The second kappa shape index (κ2) is 15.7. The molecule has 54 heavy (non-hydrogen) atoms. The molecule has 0 unspecified atom stereocenters. The molecule has 4 heterocycles. The number of fused-ring (bicyclic) bond motifs is 1. The van der Waals surface area contributed by atoms with Crippen LogP contribution >= 0.6 is 0 Å². The highest BCUT2D eigenvalue weighted by Gasteiger charge is 2.48. The number of hydrogen-bond acceptors (Lipinski definition) is 20. The van der Waals surface area contributed by atoms with Crippen LogP contribution in [0.2, 0.25) is 0 Å². The minimum Gasteiger partial charge on any atom is -0.507 e. The third-order valence-electron chi connectivity index (χ3n) is 9.54. The summed E-state index contributed by atoms with van der Waals surface area (Å²) >= 11 is 0. The van der Waals surface area contributed by atoms with Gasteiger partial charge in [0.05, 0.1) is 25.9 Å². The quantitative estimate of drug-likeness (QED) is 0.104. The van der Waals surface area contributed by atoms with Crippen molar-refractivity contribution in [1.29, 1.82) is 0 Å². The van der Waals surface area contributed by atoms with Crippen molar-refractivity contribution in [1.82, 2.24) is 0 Å². The fraction of sp³-hybridized carbons (Fsp3) is 0.559. The molecule has 0 aliphatic carbocycles. The molecule has 298 valence electrons. The van der Waals surface area contributed by atoms with E-state index in [-0.39, 0.29) is 34.2 Å². The van der Waals surface area contributed by atoms with Crippen molar-refractivity contribution in [3.05, 3.63) is 40.6 Å². The highest BCUT2D eigenvalue weighted by Crippen LogP contribution is 2.40. The molecule has 20 heteroatoms. The molecule has 0 radical (unpaired) electrons. The van der Waals surface area contributed by atoms with E-state index in [1.807, 2.05) is 0 Å². The van der Waals surface area contributed by atoms with Gasteiger partial charge in [-0.15, -0.1) is 0 Å². The van der Waals surface area contributed by atoms with E-state index >= 15 is 0 Å². The van der Waals surface area contributed by atoms with E-state index in [0.29, 0.717) is 0 Å². The molecule has 11 N–H and O–H groups in total. The van der Waals surface area contributed by atoms with Gasteiger partial charge in [0.2, 0.25) is 23.8 Å². The molecule has 3 saturated heterocycles. The van der Waals surface area contributed by atoms with E-state index < -0.39 is 121 Å². The first-order valence-electron chi connectivity index (χ1n) is 16.8. The molecular formula is C34H42O20. The fourth-order valence-corrected chi connectivity index (χ4v) is 6.30. The van der Waals surface area contributed by atoms with Crippen molar-refractivity contribution >= 4 is 11.0 Å². The molecule has 20 nitrogen and oxygen atoms in total. The zero-order chi connectivity index (χ0) is 39.3. The summed E-state index contributed by atoms with van der Waals surface area (Å²) in [6.45, 7) is 2.22. The van der Waals surface area contributed by atoms with Crippen LogP contribution in [-0.2, 0) is 18.9 Å². The highest BCUT2D eigenvalue weighted by atomic mass is 16.7. The van der Waals surface area contributed by atoms with Gasteiger partial charge in [0.15, 0.2) is 23.5 Å². The van der Waals surface area contributed by atoms with Gasteiger partial charge in [-0.25, -0.2) is 0 Å². The molecule has 15 atom stereocenters. The van der Waals surface area contributed by atoms with Gasteiger partial charge in [0, 0.05) is 17.7 Å². The number of phenolic OH excluding ortho intramolecular Hbond substituents is 2. The SMILES string of the molecule is COc1cc(-c2oc3cc(O[C@@H]4O[C@@H](C)[C@H](O)[C@H](O)[C@H]4O)cc(O)c3c(=O)c2O[C@@H]2O[C@H](CO[C@@H]3O[C@H](C)[C@H](O)[C@H](O)[C@H]3O)[C@H](O)[C@H](O)[C@H]2O)ccc1O. The summed E-state index contributed by atoms with van der Waals surface area (Å²) in [4.78, 5) is 14.2. The van der Waals surface area contributed by atoms with E-state index in [1.165, 1.54) is 39.2 Å². The predicted octanol–water partition coefficient (Wildman–Crippen LogP) is -2.88. The van der Waals surface area contributed by atoms with Gasteiger partial charge in [0.25, 0.3) is 0 Å². The molecule has 2 aromatic carbocycles. The standard InChI is InChI=1S/C34H42O20/c1-10-20(37)24(41)27(44)32(49-10)48-9-18-22(39)26(43)29(46)34(53-18)54-31-23(40)19-15(36)7-13(51-33-28(45)25(42)21(38)11(2)50-33)8-17(19)52-30(31)12-4-5-14(35)16(6-12)47-3/h4-8,10-11,18,20-22,24-29,32-39,41-46H,9H2,1-3H3/t10-,11+,18-,20+,21+,22+,24+,25+,26+,27-,28-,29-,32-,33+,34+/m1/s1. The van der Waals surface area contributed by atoms with Crippen LogP contribution < -0.4 is 19.6 Å². The number of aliphatic hydroxyl groups excluding tert-OH is 9. The third-order valence-corrected chi connectivity index (χ3v) is 9.54. The van der Waals surface area contributed by atoms with Gasteiger partial charge in [-0.1, -0.05) is 0 Å². The lowest BCUT2D eigenvalue weighted by molar-refractivity contribution is -0.318. The van der Waals surface area contributed by atoms with Crippen LogP contribution in [-0.4, -0.2) is 162 Å². The number of methoxy groups -OCH3 is 1. The molecule has 3 aliphatic rings. The predicted molar refractivity (Wildman–Crippen MR) is 176 cm³/mol. The van der Waals surface area contributed by atoms with Crippen LogP contribution in [0.4, 0.5) is 0 Å². The zero-order valence-corrected chi connectivity index (χ0v) is 28.8. The van der Waals surface area contributed by atoms with E-state index in [4.69, 9.17) is 37.6 Å². The Morgan fingerprint density at radius 3 is 1.85 bits per heavy atom. The normalized spacial score (nSPS) is 37.2. The van der Waals surface area contributed by atoms with Crippen molar-refractivity contribution in [3.8, 4) is 40.1 Å².